The summed E-state index contributed by atoms with van der Waals surface area (Å²) in [5.74, 6) is 0.0197. The molecule has 1 aliphatic rings. The van der Waals surface area contributed by atoms with Gasteiger partial charge in [-0.25, -0.2) is 0 Å². The molecule has 1 aliphatic heterocycles. The molecule has 4 heteroatoms. The van der Waals surface area contributed by atoms with Crippen molar-refractivity contribution in [3.05, 3.63) is 0 Å². The van der Waals surface area contributed by atoms with Gasteiger partial charge >= 0.3 is 0 Å². The van der Waals surface area contributed by atoms with Gasteiger partial charge in [-0.3, -0.25) is 9.59 Å². The number of rotatable bonds is 3. The van der Waals surface area contributed by atoms with Gasteiger partial charge < -0.3 is 10.2 Å². The second-order valence-electron chi connectivity index (χ2n) is 6.44. The number of nitrogens with one attached hydrogen (secondary N) is 1. The summed E-state index contributed by atoms with van der Waals surface area (Å²) in [6.45, 7) is 12.4. The van der Waals surface area contributed by atoms with E-state index >= 15 is 0 Å². The standard InChI is InChI=1S/C14H26N2O2/c1-7-9-16-10(13(3,4)5)11(17)15-14(6,8-2)12(16)18/h10H,7-9H2,1-6H3,(H,15,17). The number of hydrogen-bond donors (Lipinski definition) is 1. The third-order valence-electron chi connectivity index (χ3n) is 3.68. The Labute approximate surface area is 110 Å². The fourth-order valence-electron chi connectivity index (χ4n) is 2.54. The molecule has 18 heavy (non-hydrogen) atoms. The molecule has 4 nitrogen and oxygen atoms in total. The van der Waals surface area contributed by atoms with E-state index < -0.39 is 5.54 Å². The average molecular weight is 254 g/mol. The van der Waals surface area contributed by atoms with Crippen LogP contribution < -0.4 is 5.32 Å². The topological polar surface area (TPSA) is 49.4 Å². The van der Waals surface area contributed by atoms with E-state index in [1.54, 1.807) is 4.90 Å². The number of carbonyl (C=O) groups excluding carboxylic acids is 2. The first kappa shape index (κ1) is 15.0. The Hall–Kier alpha value is -1.06. The number of piperazine rings is 1. The fourth-order valence-corrected chi connectivity index (χ4v) is 2.54. The van der Waals surface area contributed by atoms with Crippen LogP contribution in [0, 0.1) is 5.41 Å². The van der Waals surface area contributed by atoms with Gasteiger partial charge in [-0.2, -0.15) is 0 Å². The van der Waals surface area contributed by atoms with E-state index in [-0.39, 0.29) is 23.3 Å². The smallest absolute Gasteiger partial charge is 0.248 e. The lowest BCUT2D eigenvalue weighted by Crippen LogP contribution is -2.71. The zero-order valence-corrected chi connectivity index (χ0v) is 12.5. The summed E-state index contributed by atoms with van der Waals surface area (Å²) in [7, 11) is 0. The van der Waals surface area contributed by atoms with E-state index in [4.69, 9.17) is 0 Å². The van der Waals surface area contributed by atoms with Gasteiger partial charge in [0.1, 0.15) is 11.6 Å². The second kappa shape index (κ2) is 4.90. The SMILES string of the molecule is CCCN1C(=O)C(C)(CC)NC(=O)C1C(C)(C)C. The van der Waals surface area contributed by atoms with Crippen molar-refractivity contribution in [2.75, 3.05) is 6.54 Å². The molecule has 0 aromatic heterocycles. The molecule has 0 aromatic carbocycles. The molecule has 2 unspecified atom stereocenters. The first-order valence-corrected chi connectivity index (χ1v) is 6.80. The maximum Gasteiger partial charge on any atom is 0.248 e. The van der Waals surface area contributed by atoms with E-state index in [2.05, 4.69) is 5.32 Å². The van der Waals surface area contributed by atoms with Crippen LogP contribution in [0.2, 0.25) is 0 Å². The van der Waals surface area contributed by atoms with Crippen LogP contribution in [0.25, 0.3) is 0 Å². The molecule has 0 bridgehead atoms. The molecule has 104 valence electrons. The minimum atomic E-state index is -0.742. The summed E-state index contributed by atoms with van der Waals surface area (Å²) in [6.07, 6.45) is 1.49. The summed E-state index contributed by atoms with van der Waals surface area (Å²) in [4.78, 5) is 26.7. The zero-order valence-electron chi connectivity index (χ0n) is 12.5. The van der Waals surface area contributed by atoms with Gasteiger partial charge in [-0.15, -0.1) is 0 Å². The van der Waals surface area contributed by atoms with Gasteiger partial charge in [-0.1, -0.05) is 34.6 Å². The lowest BCUT2D eigenvalue weighted by Gasteiger charge is -2.48. The Kier molecular flexibility index (Phi) is 4.08. The van der Waals surface area contributed by atoms with Crippen LogP contribution in [-0.4, -0.2) is 34.8 Å². The van der Waals surface area contributed by atoms with E-state index in [1.165, 1.54) is 0 Å². The predicted octanol–water partition coefficient (Wildman–Crippen LogP) is 1.94. The van der Waals surface area contributed by atoms with Gasteiger partial charge in [0.05, 0.1) is 0 Å². The highest BCUT2D eigenvalue weighted by Crippen LogP contribution is 2.31. The molecule has 0 aromatic rings. The summed E-state index contributed by atoms with van der Waals surface area (Å²) >= 11 is 0. The van der Waals surface area contributed by atoms with Crippen molar-refractivity contribution < 1.29 is 9.59 Å². The maximum absolute atomic E-state index is 12.6. The van der Waals surface area contributed by atoms with Gasteiger partial charge in [0.2, 0.25) is 11.8 Å². The normalized spacial score (nSPS) is 29.4. The Balaban J connectivity index is 3.15. The first-order valence-electron chi connectivity index (χ1n) is 6.80. The van der Waals surface area contributed by atoms with Gasteiger partial charge in [0.25, 0.3) is 0 Å². The highest BCUT2D eigenvalue weighted by molar-refractivity contribution is 5.99. The molecule has 2 atom stereocenters. The van der Waals surface area contributed by atoms with Crippen LogP contribution in [0.1, 0.15) is 54.4 Å². The lowest BCUT2D eigenvalue weighted by molar-refractivity contribution is -0.158. The van der Waals surface area contributed by atoms with Crippen molar-refractivity contribution in [2.24, 2.45) is 5.41 Å². The number of nitrogens with zero attached hydrogens (tertiary/aromatic N) is 1. The van der Waals surface area contributed by atoms with Crippen molar-refractivity contribution in [2.45, 2.75) is 66.0 Å². The van der Waals surface area contributed by atoms with Crippen molar-refractivity contribution in [3.8, 4) is 0 Å². The monoisotopic (exact) mass is 254 g/mol. The maximum atomic E-state index is 12.6. The third kappa shape index (κ3) is 2.52. The first-order chi connectivity index (χ1) is 8.17. The Bertz CT molecular complexity index is 346. The zero-order chi connectivity index (χ0) is 14.1. The van der Waals surface area contributed by atoms with Crippen molar-refractivity contribution >= 4 is 11.8 Å². The van der Waals surface area contributed by atoms with Crippen LogP contribution in [0.5, 0.6) is 0 Å². The minimum Gasteiger partial charge on any atom is -0.340 e. The Morgan fingerprint density at radius 3 is 2.22 bits per heavy atom. The average Bonchev–Trinajstić information content (AvgIpc) is 2.23. The van der Waals surface area contributed by atoms with Crippen molar-refractivity contribution in [3.63, 3.8) is 0 Å². The molecule has 0 radical (unpaired) electrons. The molecular weight excluding hydrogens is 228 g/mol. The van der Waals surface area contributed by atoms with Crippen LogP contribution in [0.4, 0.5) is 0 Å². The predicted molar refractivity (Wildman–Crippen MR) is 72.1 cm³/mol. The summed E-state index contributed by atoms with van der Waals surface area (Å²) in [5, 5.41) is 2.91. The quantitative estimate of drug-likeness (QED) is 0.836. The van der Waals surface area contributed by atoms with Crippen LogP contribution in [0.3, 0.4) is 0 Å². The number of carbonyl (C=O) groups is 2. The fraction of sp³-hybridized carbons (Fsp3) is 0.857. The summed E-state index contributed by atoms with van der Waals surface area (Å²) in [5.41, 5.74) is -0.988. The molecule has 1 N–H and O–H groups in total. The Morgan fingerprint density at radius 2 is 1.83 bits per heavy atom. The van der Waals surface area contributed by atoms with Crippen LogP contribution in [0.15, 0.2) is 0 Å². The van der Waals surface area contributed by atoms with Crippen molar-refractivity contribution in [1.29, 1.82) is 0 Å². The highest BCUT2D eigenvalue weighted by Gasteiger charge is 2.50. The molecule has 0 spiro atoms. The van der Waals surface area contributed by atoms with E-state index in [0.717, 1.165) is 6.42 Å². The van der Waals surface area contributed by atoms with Gasteiger partial charge in [0, 0.05) is 6.54 Å². The largest absolute Gasteiger partial charge is 0.340 e. The van der Waals surface area contributed by atoms with Gasteiger partial charge in [0.15, 0.2) is 0 Å². The molecule has 2 amide bonds. The molecule has 1 heterocycles. The third-order valence-corrected chi connectivity index (χ3v) is 3.68. The summed E-state index contributed by atoms with van der Waals surface area (Å²) < 4.78 is 0. The lowest BCUT2D eigenvalue weighted by atomic mass is 9.80. The highest BCUT2D eigenvalue weighted by atomic mass is 16.2. The minimum absolute atomic E-state index is 0.0279. The summed E-state index contributed by atoms with van der Waals surface area (Å²) in [6, 6.07) is -0.371. The van der Waals surface area contributed by atoms with E-state index in [9.17, 15) is 9.59 Å². The van der Waals surface area contributed by atoms with Crippen LogP contribution in [-0.2, 0) is 9.59 Å². The molecule has 1 saturated heterocycles. The number of amides is 2. The Morgan fingerprint density at radius 1 is 1.28 bits per heavy atom. The van der Waals surface area contributed by atoms with E-state index in [1.807, 2.05) is 41.5 Å². The van der Waals surface area contributed by atoms with Crippen LogP contribution >= 0.6 is 0 Å². The molecule has 1 rings (SSSR count). The number of hydrogen-bond acceptors (Lipinski definition) is 2. The molecule has 0 aliphatic carbocycles. The van der Waals surface area contributed by atoms with Crippen molar-refractivity contribution in [1.82, 2.24) is 10.2 Å². The van der Waals surface area contributed by atoms with Gasteiger partial charge in [-0.05, 0) is 25.2 Å². The molecule has 0 saturated carbocycles. The molecule has 1 fully saturated rings. The van der Waals surface area contributed by atoms with E-state index in [0.29, 0.717) is 13.0 Å². The second-order valence-corrected chi connectivity index (χ2v) is 6.44. The molecular formula is C14H26N2O2.